The molecule has 96 valence electrons. The molecule has 0 aliphatic rings. The fourth-order valence-corrected chi connectivity index (χ4v) is 3.06. The van der Waals surface area contributed by atoms with Gasteiger partial charge in [-0.3, -0.25) is 4.98 Å². The van der Waals surface area contributed by atoms with Gasteiger partial charge >= 0.3 is 0 Å². The maximum atomic E-state index is 4.44. The molecule has 0 saturated carbocycles. The molecule has 2 radical (unpaired) electrons. The summed E-state index contributed by atoms with van der Waals surface area (Å²) in [5.74, 6) is 0. The highest BCUT2D eigenvalue weighted by atomic mass is 28.2. The van der Waals surface area contributed by atoms with E-state index in [1.165, 1.54) is 11.4 Å². The quantitative estimate of drug-likeness (QED) is 0.679. The minimum Gasteiger partial charge on any atom is -0.363 e. The first-order valence-electron chi connectivity index (χ1n) is 6.51. The predicted molar refractivity (Wildman–Crippen MR) is 84.6 cm³/mol. The molecule has 0 bridgehead atoms. The lowest BCUT2D eigenvalue weighted by Crippen LogP contribution is -2.33. The molecule has 1 aromatic heterocycles. The largest absolute Gasteiger partial charge is 0.363 e. The van der Waals surface area contributed by atoms with Crippen LogP contribution in [0.5, 0.6) is 0 Å². The predicted octanol–water partition coefficient (Wildman–Crippen LogP) is 3.16. The van der Waals surface area contributed by atoms with Crippen molar-refractivity contribution in [3.63, 3.8) is 0 Å². The molecule has 3 aromatic rings. The fraction of sp³-hybridized carbons (Fsp3) is 0. The number of pyridine rings is 1. The molecule has 0 aliphatic carbocycles. The van der Waals surface area contributed by atoms with Crippen molar-refractivity contribution >= 4 is 26.4 Å². The Labute approximate surface area is 121 Å². The maximum Gasteiger partial charge on any atom is 0.250 e. The second kappa shape index (κ2) is 6.17. The third-order valence-electron chi connectivity index (χ3n) is 2.92. The molecule has 0 amide bonds. The van der Waals surface area contributed by atoms with E-state index in [1.807, 2.05) is 30.5 Å². The Morgan fingerprint density at radius 1 is 0.650 bits per heavy atom. The van der Waals surface area contributed by atoms with Gasteiger partial charge in [-0.25, -0.2) is 0 Å². The van der Waals surface area contributed by atoms with E-state index >= 15 is 0 Å². The van der Waals surface area contributed by atoms with Crippen LogP contribution in [0.3, 0.4) is 0 Å². The van der Waals surface area contributed by atoms with E-state index in [0.29, 0.717) is 9.68 Å². The first-order chi connectivity index (χ1) is 9.93. The minimum atomic E-state index is 0.473. The van der Waals surface area contributed by atoms with Gasteiger partial charge in [-0.05, 0) is 36.4 Å². The summed E-state index contributed by atoms with van der Waals surface area (Å²) in [6, 6.07) is 26.9. The molecule has 3 heteroatoms. The van der Waals surface area contributed by atoms with Crippen molar-refractivity contribution in [1.82, 2.24) is 4.98 Å². The smallest absolute Gasteiger partial charge is 0.250 e. The monoisotopic (exact) mass is 274 g/mol. The van der Waals surface area contributed by atoms with Crippen LogP contribution in [0.1, 0.15) is 0 Å². The Morgan fingerprint density at radius 2 is 1.20 bits per heavy atom. The summed E-state index contributed by atoms with van der Waals surface area (Å²) in [7, 11) is 0.473. The molecule has 0 saturated heterocycles. The molecule has 0 atom stereocenters. The van der Waals surface area contributed by atoms with E-state index < -0.39 is 0 Å². The zero-order chi connectivity index (χ0) is 13.6. The third kappa shape index (κ3) is 2.95. The van der Waals surface area contributed by atoms with Crippen LogP contribution in [0.4, 0.5) is 11.4 Å². The van der Waals surface area contributed by atoms with Crippen molar-refractivity contribution in [2.75, 3.05) is 4.57 Å². The van der Waals surface area contributed by atoms with Crippen molar-refractivity contribution in [3.8, 4) is 0 Å². The fourth-order valence-electron chi connectivity index (χ4n) is 1.98. The Kier molecular flexibility index (Phi) is 3.90. The van der Waals surface area contributed by atoms with Crippen LogP contribution in [0, 0.1) is 0 Å². The highest BCUT2D eigenvalue weighted by molar-refractivity contribution is 6.58. The first kappa shape index (κ1) is 12.6. The van der Waals surface area contributed by atoms with E-state index in [1.54, 1.807) is 0 Å². The zero-order valence-corrected chi connectivity index (χ0v) is 12.0. The average molecular weight is 274 g/mol. The van der Waals surface area contributed by atoms with Gasteiger partial charge in [-0.1, -0.05) is 42.5 Å². The van der Waals surface area contributed by atoms with Crippen LogP contribution < -0.4 is 9.88 Å². The molecule has 1 heterocycles. The van der Waals surface area contributed by atoms with Crippen LogP contribution in [-0.4, -0.2) is 14.7 Å². The molecular formula is C17H14N2Si. The average Bonchev–Trinajstić information content (AvgIpc) is 2.55. The lowest BCUT2D eigenvalue weighted by Gasteiger charge is -2.23. The minimum absolute atomic E-state index is 0.473. The van der Waals surface area contributed by atoms with Crippen LogP contribution in [-0.2, 0) is 0 Å². The molecule has 0 unspecified atom stereocenters. The Bertz CT molecular complexity index is 602. The number of rotatable bonds is 4. The van der Waals surface area contributed by atoms with Crippen molar-refractivity contribution in [2.45, 2.75) is 0 Å². The normalized spacial score (nSPS) is 10.2. The molecule has 0 spiro atoms. The summed E-state index contributed by atoms with van der Waals surface area (Å²) < 4.78 is 2.29. The van der Waals surface area contributed by atoms with E-state index in [0.717, 1.165) is 5.32 Å². The SMILES string of the molecule is c1ccc(N([Si]c2ccccn2)c2ccccc2)cc1. The molecule has 2 nitrogen and oxygen atoms in total. The molecule has 0 fully saturated rings. The number of anilines is 2. The van der Waals surface area contributed by atoms with Crippen molar-refractivity contribution in [1.29, 1.82) is 0 Å². The van der Waals surface area contributed by atoms with Gasteiger partial charge in [0.1, 0.15) is 0 Å². The van der Waals surface area contributed by atoms with Gasteiger partial charge in [0.15, 0.2) is 0 Å². The lowest BCUT2D eigenvalue weighted by molar-refractivity contribution is 1.35. The van der Waals surface area contributed by atoms with Gasteiger partial charge in [0.05, 0.1) is 0 Å². The lowest BCUT2D eigenvalue weighted by atomic mass is 10.3. The van der Waals surface area contributed by atoms with Gasteiger partial charge in [0.25, 0.3) is 0 Å². The van der Waals surface area contributed by atoms with Crippen LogP contribution in [0.25, 0.3) is 0 Å². The van der Waals surface area contributed by atoms with Crippen LogP contribution in [0.2, 0.25) is 0 Å². The number of nitrogens with zero attached hydrogens (tertiary/aromatic N) is 2. The van der Waals surface area contributed by atoms with Gasteiger partial charge < -0.3 is 4.57 Å². The van der Waals surface area contributed by atoms with Crippen molar-refractivity contribution in [2.24, 2.45) is 0 Å². The van der Waals surface area contributed by atoms with E-state index in [4.69, 9.17) is 0 Å². The van der Waals surface area contributed by atoms with E-state index in [-0.39, 0.29) is 0 Å². The van der Waals surface area contributed by atoms with Crippen molar-refractivity contribution < 1.29 is 0 Å². The number of benzene rings is 2. The Morgan fingerprint density at radius 3 is 1.70 bits per heavy atom. The molecule has 20 heavy (non-hydrogen) atoms. The second-order valence-corrected chi connectivity index (χ2v) is 5.52. The molecular weight excluding hydrogens is 260 g/mol. The number of aromatic nitrogens is 1. The third-order valence-corrected chi connectivity index (χ3v) is 4.18. The summed E-state index contributed by atoms with van der Waals surface area (Å²) in [6.07, 6.45) is 1.84. The summed E-state index contributed by atoms with van der Waals surface area (Å²) in [5.41, 5.74) is 2.37. The summed E-state index contributed by atoms with van der Waals surface area (Å²) in [4.78, 5) is 4.44. The van der Waals surface area contributed by atoms with Crippen LogP contribution in [0.15, 0.2) is 85.1 Å². The van der Waals surface area contributed by atoms with Gasteiger partial charge in [0.2, 0.25) is 9.68 Å². The van der Waals surface area contributed by atoms with Gasteiger partial charge in [0, 0.05) is 22.9 Å². The maximum absolute atomic E-state index is 4.44. The van der Waals surface area contributed by atoms with Gasteiger partial charge in [-0.15, -0.1) is 0 Å². The Hall–Kier alpha value is -2.39. The molecule has 2 aromatic carbocycles. The standard InChI is InChI=1S/C17H14N2Si/c1-3-9-15(10-4-1)19(16-11-5-2-6-12-16)20-17-13-7-8-14-18-17/h1-14H. The van der Waals surface area contributed by atoms with Crippen LogP contribution >= 0.6 is 0 Å². The Balaban J connectivity index is 1.96. The van der Waals surface area contributed by atoms with E-state index in [9.17, 15) is 0 Å². The molecule has 3 rings (SSSR count). The summed E-state index contributed by atoms with van der Waals surface area (Å²) >= 11 is 0. The first-order valence-corrected chi connectivity index (χ1v) is 7.46. The second-order valence-electron chi connectivity index (χ2n) is 4.33. The van der Waals surface area contributed by atoms with E-state index in [2.05, 4.69) is 64.1 Å². The van der Waals surface area contributed by atoms with Gasteiger partial charge in [-0.2, -0.15) is 0 Å². The topological polar surface area (TPSA) is 16.1 Å². The zero-order valence-electron chi connectivity index (χ0n) is 11.0. The highest BCUT2D eigenvalue weighted by Gasteiger charge is 2.11. The number of hydrogen-bond acceptors (Lipinski definition) is 2. The number of para-hydroxylation sites is 2. The molecule has 0 aliphatic heterocycles. The molecule has 0 N–H and O–H groups in total. The van der Waals surface area contributed by atoms with Crippen molar-refractivity contribution in [3.05, 3.63) is 85.1 Å². The summed E-state index contributed by atoms with van der Waals surface area (Å²) in [6.45, 7) is 0. The highest BCUT2D eigenvalue weighted by Crippen LogP contribution is 2.23. The summed E-state index contributed by atoms with van der Waals surface area (Å²) in [5, 5.41) is 1.08. The number of hydrogen-bond donors (Lipinski definition) is 0.